The van der Waals surface area contributed by atoms with E-state index in [4.69, 9.17) is 4.74 Å². The molecule has 1 aromatic heterocycles. The molecule has 1 atom stereocenters. The van der Waals surface area contributed by atoms with Gasteiger partial charge >= 0.3 is 6.03 Å². The van der Waals surface area contributed by atoms with Gasteiger partial charge in [0.15, 0.2) is 0 Å². The Morgan fingerprint density at radius 3 is 2.36 bits per heavy atom. The molecule has 5 rings (SSSR count). The first kappa shape index (κ1) is 26.6. The zero-order valence-corrected chi connectivity index (χ0v) is 23.6. The van der Waals surface area contributed by atoms with Gasteiger partial charge in [-0.25, -0.2) is 4.79 Å². The fourth-order valence-corrected chi connectivity index (χ4v) is 5.20. The molecule has 7 nitrogen and oxygen atoms in total. The van der Waals surface area contributed by atoms with Crippen LogP contribution in [0.5, 0.6) is 5.75 Å². The van der Waals surface area contributed by atoms with Gasteiger partial charge in [-0.05, 0) is 72.6 Å². The van der Waals surface area contributed by atoms with E-state index in [1.807, 2.05) is 96.0 Å². The number of nitrogens with zero attached hydrogens (tertiary/aromatic N) is 3. The second kappa shape index (κ2) is 11.8. The first-order chi connectivity index (χ1) is 19.0. The molecule has 8 heteroatoms. The normalized spacial score (nSPS) is 13.8. The number of fused-ring (bicyclic) bond motifs is 3. The number of para-hydroxylation sites is 2. The topological polar surface area (TPSA) is 66.8 Å². The smallest absolute Gasteiger partial charge is 0.322 e. The van der Waals surface area contributed by atoms with Crippen molar-refractivity contribution in [3.05, 3.63) is 107 Å². The Morgan fingerprint density at radius 2 is 1.67 bits per heavy atom. The minimum absolute atomic E-state index is 0.0515. The van der Waals surface area contributed by atoms with Gasteiger partial charge in [0.2, 0.25) is 5.91 Å². The van der Waals surface area contributed by atoms with Gasteiger partial charge in [-0.3, -0.25) is 9.69 Å². The van der Waals surface area contributed by atoms with Crippen LogP contribution in [0.15, 0.2) is 95.6 Å². The summed E-state index contributed by atoms with van der Waals surface area (Å²) in [7, 11) is 1.64. The van der Waals surface area contributed by atoms with Crippen molar-refractivity contribution in [2.24, 2.45) is 0 Å². The fraction of sp³-hybridized carbons (Fsp3) is 0.226. The lowest BCUT2D eigenvalue weighted by atomic mass is 9.97. The number of hydrogen-bond donors (Lipinski definition) is 1. The minimum atomic E-state index is -0.365. The number of anilines is 2. The predicted molar refractivity (Wildman–Crippen MR) is 158 cm³/mol. The largest absolute Gasteiger partial charge is 0.497 e. The number of hydrogen-bond acceptors (Lipinski definition) is 3. The van der Waals surface area contributed by atoms with Gasteiger partial charge in [-0.15, -0.1) is 0 Å². The summed E-state index contributed by atoms with van der Waals surface area (Å²) < 4.78 is 8.43. The molecule has 0 spiro atoms. The number of nitrogens with one attached hydrogen (secondary N) is 1. The summed E-state index contributed by atoms with van der Waals surface area (Å²) in [5, 5.41) is 2.95. The fourth-order valence-electron chi connectivity index (χ4n) is 4.94. The van der Waals surface area contributed by atoms with Crippen molar-refractivity contribution in [2.45, 2.75) is 25.8 Å². The van der Waals surface area contributed by atoms with E-state index >= 15 is 0 Å². The highest BCUT2D eigenvalue weighted by molar-refractivity contribution is 9.10. The second-order valence-electron chi connectivity index (χ2n) is 9.44. The number of ether oxygens (including phenoxy) is 1. The third-order valence-corrected chi connectivity index (χ3v) is 7.44. The van der Waals surface area contributed by atoms with Crippen molar-refractivity contribution in [2.75, 3.05) is 30.4 Å². The zero-order valence-electron chi connectivity index (χ0n) is 22.0. The summed E-state index contributed by atoms with van der Waals surface area (Å²) in [4.78, 5) is 31.0. The van der Waals surface area contributed by atoms with E-state index in [0.29, 0.717) is 12.2 Å². The number of benzene rings is 3. The first-order valence-electron chi connectivity index (χ1n) is 13.0. The molecule has 1 unspecified atom stereocenters. The van der Waals surface area contributed by atoms with Crippen molar-refractivity contribution < 1.29 is 14.3 Å². The van der Waals surface area contributed by atoms with E-state index in [9.17, 15) is 9.59 Å². The lowest BCUT2D eigenvalue weighted by Crippen LogP contribution is -2.48. The Morgan fingerprint density at radius 1 is 0.949 bits per heavy atom. The third kappa shape index (κ3) is 5.56. The Bertz CT molecular complexity index is 1450. The summed E-state index contributed by atoms with van der Waals surface area (Å²) in [5.74, 6) is 0.594. The Balaban J connectivity index is 1.50. The molecule has 39 heavy (non-hydrogen) atoms. The number of unbranched alkanes of at least 4 members (excludes halogenated alkanes) is 1. The van der Waals surface area contributed by atoms with Crippen LogP contribution in [0.4, 0.5) is 16.2 Å². The second-order valence-corrected chi connectivity index (χ2v) is 10.4. The molecule has 0 bridgehead atoms. The molecule has 200 valence electrons. The first-order valence-corrected chi connectivity index (χ1v) is 13.8. The lowest BCUT2D eigenvalue weighted by Gasteiger charge is -2.39. The summed E-state index contributed by atoms with van der Waals surface area (Å²) in [6.07, 6.45) is 3.72. The highest BCUT2D eigenvalue weighted by Gasteiger charge is 2.37. The molecule has 2 heterocycles. The SMILES string of the molecule is CCCCN(CC(=O)N1c2ccccc2-n2cccc2C1c1ccc(OC)cc1)C(=O)Nc1ccc(Br)cc1. The summed E-state index contributed by atoms with van der Waals surface area (Å²) in [6, 6.07) is 26.5. The Hall–Kier alpha value is -4.04. The Labute approximate surface area is 237 Å². The van der Waals surface area contributed by atoms with Crippen molar-refractivity contribution in [1.29, 1.82) is 0 Å². The highest BCUT2D eigenvalue weighted by atomic mass is 79.9. The average Bonchev–Trinajstić information content (AvgIpc) is 3.46. The molecule has 0 saturated carbocycles. The maximum atomic E-state index is 14.2. The number of carbonyl (C=O) groups is 2. The molecule has 3 amide bonds. The van der Waals surface area contributed by atoms with E-state index < -0.39 is 0 Å². The minimum Gasteiger partial charge on any atom is -0.497 e. The third-order valence-electron chi connectivity index (χ3n) is 6.91. The summed E-state index contributed by atoms with van der Waals surface area (Å²) in [6.45, 7) is 2.50. The van der Waals surface area contributed by atoms with Crippen LogP contribution in [-0.2, 0) is 4.79 Å². The van der Waals surface area contributed by atoms with Gasteiger partial charge in [0, 0.05) is 22.9 Å². The highest BCUT2D eigenvalue weighted by Crippen LogP contribution is 2.42. The van der Waals surface area contributed by atoms with E-state index in [0.717, 1.165) is 45.7 Å². The average molecular weight is 588 g/mol. The number of aromatic nitrogens is 1. The molecule has 1 aliphatic rings. The van der Waals surface area contributed by atoms with Gasteiger partial charge in [0.1, 0.15) is 18.3 Å². The van der Waals surface area contributed by atoms with Crippen LogP contribution in [0.1, 0.15) is 37.1 Å². The van der Waals surface area contributed by atoms with Crippen LogP contribution in [0.2, 0.25) is 0 Å². The zero-order chi connectivity index (χ0) is 27.4. The number of halogens is 1. The molecule has 1 N–H and O–H groups in total. The molecule has 1 aliphatic heterocycles. The van der Waals surface area contributed by atoms with Crippen LogP contribution < -0.4 is 15.0 Å². The number of methoxy groups -OCH3 is 1. The van der Waals surface area contributed by atoms with Gasteiger partial charge in [-0.2, -0.15) is 0 Å². The Kier molecular flexibility index (Phi) is 8.02. The summed E-state index contributed by atoms with van der Waals surface area (Å²) >= 11 is 3.42. The van der Waals surface area contributed by atoms with E-state index in [2.05, 4.69) is 32.7 Å². The van der Waals surface area contributed by atoms with Crippen molar-refractivity contribution in [3.63, 3.8) is 0 Å². The number of rotatable bonds is 8. The van der Waals surface area contributed by atoms with Crippen LogP contribution >= 0.6 is 15.9 Å². The van der Waals surface area contributed by atoms with E-state index in [-0.39, 0.29) is 24.5 Å². The van der Waals surface area contributed by atoms with Gasteiger partial charge < -0.3 is 19.5 Å². The van der Waals surface area contributed by atoms with Crippen molar-refractivity contribution in [1.82, 2.24) is 9.47 Å². The van der Waals surface area contributed by atoms with Gasteiger partial charge in [-0.1, -0.05) is 53.5 Å². The van der Waals surface area contributed by atoms with E-state index in [1.165, 1.54) is 0 Å². The van der Waals surface area contributed by atoms with Crippen LogP contribution in [0, 0.1) is 0 Å². The van der Waals surface area contributed by atoms with Crippen molar-refractivity contribution >= 4 is 39.2 Å². The molecular weight excluding hydrogens is 556 g/mol. The quantitative estimate of drug-likeness (QED) is 0.241. The molecule has 4 aromatic rings. The predicted octanol–water partition coefficient (Wildman–Crippen LogP) is 7.02. The van der Waals surface area contributed by atoms with Crippen LogP contribution in [0.25, 0.3) is 5.69 Å². The lowest BCUT2D eigenvalue weighted by molar-refractivity contribution is -0.119. The number of carbonyl (C=O) groups excluding carboxylic acids is 2. The maximum Gasteiger partial charge on any atom is 0.322 e. The van der Waals surface area contributed by atoms with E-state index in [1.54, 1.807) is 12.0 Å². The van der Waals surface area contributed by atoms with Crippen LogP contribution in [-0.4, -0.2) is 41.6 Å². The standard InChI is InChI=1S/C31H31BrN4O3/c1-3-4-19-34(31(38)33-24-15-13-23(32)14-16-24)21-29(37)36-27-9-6-5-8-26(27)35-20-7-10-28(35)30(36)22-11-17-25(39-2)18-12-22/h5-18,20,30H,3-4,19,21H2,1-2H3,(H,33,38). The van der Waals surface area contributed by atoms with Crippen molar-refractivity contribution in [3.8, 4) is 11.4 Å². The molecule has 0 aliphatic carbocycles. The molecule has 0 radical (unpaired) electrons. The number of amides is 3. The molecule has 0 saturated heterocycles. The monoisotopic (exact) mass is 586 g/mol. The summed E-state index contributed by atoms with van der Waals surface area (Å²) in [5.41, 5.74) is 4.34. The molecule has 3 aromatic carbocycles. The van der Waals surface area contributed by atoms with Crippen LogP contribution in [0.3, 0.4) is 0 Å². The van der Waals surface area contributed by atoms with Gasteiger partial charge in [0.05, 0.1) is 24.2 Å². The maximum absolute atomic E-state index is 14.2. The number of urea groups is 1. The molecule has 0 fully saturated rings. The molecular formula is C31H31BrN4O3. The van der Waals surface area contributed by atoms with Gasteiger partial charge in [0.25, 0.3) is 0 Å².